The molecule has 0 aliphatic carbocycles. The van der Waals surface area contributed by atoms with Gasteiger partial charge in [-0.2, -0.15) is 0 Å². The molecule has 4 nitrogen and oxygen atoms in total. The van der Waals surface area contributed by atoms with Crippen LogP contribution in [0.2, 0.25) is 0 Å². The number of nitrogens with one attached hydrogen (secondary N) is 1. The summed E-state index contributed by atoms with van der Waals surface area (Å²) in [6, 6.07) is 17.5. The zero-order valence-corrected chi connectivity index (χ0v) is 19.2. The van der Waals surface area contributed by atoms with Gasteiger partial charge in [0, 0.05) is 29.3 Å². The van der Waals surface area contributed by atoms with E-state index >= 15 is 0 Å². The molecular weight excluding hydrogens is 388 g/mol. The monoisotopic (exact) mass is 418 g/mol. The average Bonchev–Trinajstić information content (AvgIpc) is 3.24. The highest BCUT2D eigenvalue weighted by molar-refractivity contribution is 7.80. The van der Waals surface area contributed by atoms with Gasteiger partial charge in [0.15, 0.2) is 5.11 Å². The fourth-order valence-corrected chi connectivity index (χ4v) is 5.19. The molecule has 1 aliphatic heterocycles. The highest BCUT2D eigenvalue weighted by Gasteiger charge is 2.42. The zero-order chi connectivity index (χ0) is 21.4. The third-order valence-corrected chi connectivity index (χ3v) is 6.42. The van der Waals surface area contributed by atoms with Crippen molar-refractivity contribution in [2.45, 2.75) is 59.2 Å². The molecule has 0 amide bonds. The Morgan fingerprint density at radius 1 is 1.10 bits per heavy atom. The summed E-state index contributed by atoms with van der Waals surface area (Å²) in [5.74, 6) is 0. The predicted octanol–water partition coefficient (Wildman–Crippen LogP) is 5.43. The van der Waals surface area contributed by atoms with E-state index in [1.807, 2.05) is 18.3 Å². The Balaban J connectivity index is 1.87. The van der Waals surface area contributed by atoms with Crippen molar-refractivity contribution in [3.05, 3.63) is 82.9 Å². The van der Waals surface area contributed by atoms with E-state index in [0.717, 1.165) is 17.2 Å². The molecule has 1 aromatic carbocycles. The molecule has 1 fully saturated rings. The Labute approximate surface area is 184 Å². The first-order valence-electron chi connectivity index (χ1n) is 10.7. The van der Waals surface area contributed by atoms with Crippen LogP contribution in [0.1, 0.15) is 61.1 Å². The maximum atomic E-state index is 5.77. The fraction of sp³-hybridized carbons (Fsp3) is 0.360. The molecule has 0 radical (unpaired) electrons. The SMILES string of the molecule is CCc1ccccc1-n1c(C)cc([C@@H]2[C@H](c3ccccn3)NC(=S)N2C(C)C)c1C. The van der Waals surface area contributed by atoms with E-state index in [9.17, 15) is 0 Å². The van der Waals surface area contributed by atoms with Gasteiger partial charge in [-0.15, -0.1) is 0 Å². The molecule has 0 spiro atoms. The summed E-state index contributed by atoms with van der Waals surface area (Å²) in [5, 5.41) is 4.35. The maximum Gasteiger partial charge on any atom is 0.170 e. The van der Waals surface area contributed by atoms with Crippen molar-refractivity contribution in [3.8, 4) is 5.69 Å². The number of aromatic nitrogens is 2. The minimum absolute atomic E-state index is 0.0245. The standard InChI is InChI=1S/C25H30N4S/c1-6-19-11-7-8-13-22(19)29-17(4)15-20(18(29)5)24-23(21-12-9-10-14-26-21)27-25(30)28(24)16(2)3/h7-16,23-24H,6H2,1-5H3,(H,27,30)/t23-,24+/m0/s1. The molecule has 1 N–H and O–H groups in total. The molecule has 3 aromatic rings. The summed E-state index contributed by atoms with van der Waals surface area (Å²) in [4.78, 5) is 6.98. The number of para-hydroxylation sites is 1. The largest absolute Gasteiger partial charge is 0.352 e. The van der Waals surface area contributed by atoms with Gasteiger partial charge in [0.2, 0.25) is 0 Å². The van der Waals surface area contributed by atoms with E-state index in [4.69, 9.17) is 12.2 Å². The molecule has 156 valence electrons. The van der Waals surface area contributed by atoms with Gasteiger partial charge in [0.05, 0.1) is 17.8 Å². The van der Waals surface area contributed by atoms with Crippen molar-refractivity contribution in [2.24, 2.45) is 0 Å². The van der Waals surface area contributed by atoms with E-state index < -0.39 is 0 Å². The van der Waals surface area contributed by atoms with Crippen LogP contribution >= 0.6 is 12.2 Å². The number of aryl methyl sites for hydroxylation is 2. The van der Waals surface area contributed by atoms with Gasteiger partial charge in [-0.1, -0.05) is 31.2 Å². The third kappa shape index (κ3) is 3.41. The van der Waals surface area contributed by atoms with Gasteiger partial charge in [-0.3, -0.25) is 4.98 Å². The second-order valence-electron chi connectivity index (χ2n) is 8.27. The smallest absolute Gasteiger partial charge is 0.170 e. The second kappa shape index (κ2) is 8.23. The van der Waals surface area contributed by atoms with Crippen molar-refractivity contribution in [3.63, 3.8) is 0 Å². The number of hydrogen-bond acceptors (Lipinski definition) is 2. The second-order valence-corrected chi connectivity index (χ2v) is 8.66. The van der Waals surface area contributed by atoms with E-state index in [1.54, 1.807) is 0 Å². The number of benzene rings is 1. The molecule has 30 heavy (non-hydrogen) atoms. The number of hydrogen-bond donors (Lipinski definition) is 1. The molecule has 5 heteroatoms. The number of nitrogens with zero attached hydrogens (tertiary/aromatic N) is 3. The minimum Gasteiger partial charge on any atom is -0.352 e. The first-order valence-corrected chi connectivity index (χ1v) is 11.1. The predicted molar refractivity (Wildman–Crippen MR) is 127 cm³/mol. The summed E-state index contributed by atoms with van der Waals surface area (Å²) in [7, 11) is 0. The Morgan fingerprint density at radius 3 is 2.50 bits per heavy atom. The van der Waals surface area contributed by atoms with E-state index in [2.05, 4.69) is 90.8 Å². The van der Waals surface area contributed by atoms with Crippen molar-refractivity contribution in [1.29, 1.82) is 0 Å². The molecule has 2 aromatic heterocycles. The van der Waals surface area contributed by atoms with Crippen LogP contribution in [0, 0.1) is 13.8 Å². The van der Waals surface area contributed by atoms with Crippen LogP contribution < -0.4 is 5.32 Å². The van der Waals surface area contributed by atoms with Crippen molar-refractivity contribution < 1.29 is 0 Å². The first-order chi connectivity index (χ1) is 14.4. The average molecular weight is 419 g/mol. The molecule has 0 unspecified atom stereocenters. The van der Waals surface area contributed by atoms with E-state index in [0.29, 0.717) is 0 Å². The van der Waals surface area contributed by atoms with Crippen LogP contribution in [-0.4, -0.2) is 25.6 Å². The molecule has 1 aliphatic rings. The van der Waals surface area contributed by atoms with Gasteiger partial charge >= 0.3 is 0 Å². The van der Waals surface area contributed by atoms with Crippen molar-refractivity contribution in [1.82, 2.24) is 19.8 Å². The topological polar surface area (TPSA) is 33.1 Å². The van der Waals surface area contributed by atoms with Crippen LogP contribution in [-0.2, 0) is 6.42 Å². The van der Waals surface area contributed by atoms with Crippen LogP contribution in [0.3, 0.4) is 0 Å². The first kappa shape index (κ1) is 20.6. The fourth-order valence-electron chi connectivity index (χ4n) is 4.74. The van der Waals surface area contributed by atoms with Gasteiger partial charge in [0.1, 0.15) is 0 Å². The lowest BCUT2D eigenvalue weighted by atomic mass is 9.96. The van der Waals surface area contributed by atoms with Crippen LogP contribution in [0.15, 0.2) is 54.7 Å². The summed E-state index contributed by atoms with van der Waals surface area (Å²) < 4.78 is 2.39. The number of pyridine rings is 1. The lowest BCUT2D eigenvalue weighted by molar-refractivity contribution is 0.269. The third-order valence-electron chi connectivity index (χ3n) is 6.09. The van der Waals surface area contributed by atoms with Gasteiger partial charge < -0.3 is 14.8 Å². The molecule has 0 saturated carbocycles. The Hall–Kier alpha value is -2.66. The lowest BCUT2D eigenvalue weighted by Gasteiger charge is -2.31. The Morgan fingerprint density at radius 2 is 1.83 bits per heavy atom. The molecule has 2 atom stereocenters. The number of thiocarbonyl (C=S) groups is 1. The lowest BCUT2D eigenvalue weighted by Crippen LogP contribution is -2.35. The van der Waals surface area contributed by atoms with Gasteiger partial charge in [-0.25, -0.2) is 0 Å². The molecule has 3 heterocycles. The molecule has 0 bridgehead atoms. The summed E-state index contributed by atoms with van der Waals surface area (Å²) in [6.45, 7) is 11.0. The minimum atomic E-state index is 0.0245. The maximum absolute atomic E-state index is 5.77. The Bertz CT molecular complexity index is 1050. The van der Waals surface area contributed by atoms with Crippen LogP contribution in [0.4, 0.5) is 0 Å². The highest BCUT2D eigenvalue weighted by atomic mass is 32.1. The van der Waals surface area contributed by atoms with E-state index in [1.165, 1.54) is 28.2 Å². The van der Waals surface area contributed by atoms with Crippen LogP contribution in [0.5, 0.6) is 0 Å². The Kier molecular flexibility index (Phi) is 5.65. The van der Waals surface area contributed by atoms with Gasteiger partial charge in [0.25, 0.3) is 0 Å². The van der Waals surface area contributed by atoms with E-state index in [-0.39, 0.29) is 18.1 Å². The van der Waals surface area contributed by atoms with Gasteiger partial charge in [-0.05, 0) is 81.7 Å². The van der Waals surface area contributed by atoms with Crippen molar-refractivity contribution >= 4 is 17.3 Å². The summed E-state index contributed by atoms with van der Waals surface area (Å²) in [6.07, 6.45) is 2.86. The summed E-state index contributed by atoms with van der Waals surface area (Å²) in [5.41, 5.74) is 7.44. The zero-order valence-electron chi connectivity index (χ0n) is 18.4. The normalized spacial score (nSPS) is 18.9. The molecule has 1 saturated heterocycles. The molecule has 4 rings (SSSR count). The quantitative estimate of drug-likeness (QED) is 0.560. The highest BCUT2D eigenvalue weighted by Crippen LogP contribution is 2.42. The number of rotatable bonds is 5. The van der Waals surface area contributed by atoms with Crippen LogP contribution in [0.25, 0.3) is 5.69 Å². The summed E-state index contributed by atoms with van der Waals surface area (Å²) >= 11 is 5.77. The molecular formula is C25H30N4S. The van der Waals surface area contributed by atoms with Crippen molar-refractivity contribution in [2.75, 3.05) is 0 Å².